The van der Waals surface area contributed by atoms with Crippen molar-refractivity contribution in [3.05, 3.63) is 28.2 Å². The number of rotatable bonds is 4. The van der Waals surface area contributed by atoms with E-state index in [1.807, 2.05) is 0 Å². The number of nitrogens with one attached hydrogen (secondary N) is 1. The molecule has 4 heteroatoms. The summed E-state index contributed by atoms with van der Waals surface area (Å²) in [5.74, 6) is 2.46. The number of thioether (sulfide) groups is 1. The molecule has 2 unspecified atom stereocenters. The van der Waals surface area contributed by atoms with E-state index in [0.717, 1.165) is 13.1 Å². The zero-order valence-electron chi connectivity index (χ0n) is 11.9. The lowest BCUT2D eigenvalue weighted by Gasteiger charge is -2.35. The van der Waals surface area contributed by atoms with Crippen LogP contribution in [0.15, 0.2) is 22.7 Å². The first-order valence-electron chi connectivity index (χ1n) is 7.00. The van der Waals surface area contributed by atoms with Crippen LogP contribution in [0.2, 0.25) is 0 Å². The van der Waals surface area contributed by atoms with Crippen LogP contribution in [0.1, 0.15) is 32.4 Å². The molecule has 1 fully saturated rings. The van der Waals surface area contributed by atoms with Gasteiger partial charge in [0.2, 0.25) is 0 Å². The summed E-state index contributed by atoms with van der Waals surface area (Å²) in [6.45, 7) is 8.82. The van der Waals surface area contributed by atoms with Gasteiger partial charge in [0.15, 0.2) is 0 Å². The molecule has 106 valence electrons. The standard InChI is InChI=1S/C15H23BrN2S/c1-4-17-12(3)14-6-5-13(9-15(14)16)18-7-8-19-10-11(18)2/h5-6,9,11-12,17H,4,7-8,10H2,1-3H3. The third-order valence-electron chi connectivity index (χ3n) is 3.66. The van der Waals surface area contributed by atoms with Crippen LogP contribution in [-0.4, -0.2) is 30.6 Å². The first kappa shape index (κ1) is 15.2. The molecule has 2 nitrogen and oxygen atoms in total. The van der Waals surface area contributed by atoms with Gasteiger partial charge in [0.25, 0.3) is 0 Å². The summed E-state index contributed by atoms with van der Waals surface area (Å²) in [4.78, 5) is 2.52. The first-order valence-corrected chi connectivity index (χ1v) is 8.95. The summed E-state index contributed by atoms with van der Waals surface area (Å²) >= 11 is 5.79. The van der Waals surface area contributed by atoms with Gasteiger partial charge < -0.3 is 10.2 Å². The number of hydrogen-bond donors (Lipinski definition) is 1. The Morgan fingerprint density at radius 2 is 2.32 bits per heavy atom. The van der Waals surface area contributed by atoms with E-state index < -0.39 is 0 Å². The van der Waals surface area contributed by atoms with Gasteiger partial charge in [0.05, 0.1) is 0 Å². The van der Waals surface area contributed by atoms with Crippen LogP contribution >= 0.6 is 27.7 Å². The predicted molar refractivity (Wildman–Crippen MR) is 90.4 cm³/mol. The topological polar surface area (TPSA) is 15.3 Å². The highest BCUT2D eigenvalue weighted by Crippen LogP contribution is 2.31. The highest BCUT2D eigenvalue weighted by molar-refractivity contribution is 9.10. The molecule has 1 heterocycles. The van der Waals surface area contributed by atoms with Crippen molar-refractivity contribution in [1.82, 2.24) is 5.32 Å². The average Bonchev–Trinajstić information content (AvgIpc) is 2.39. The largest absolute Gasteiger partial charge is 0.367 e. The van der Waals surface area contributed by atoms with Crippen LogP contribution in [0.4, 0.5) is 5.69 Å². The SMILES string of the molecule is CCNC(C)c1ccc(N2CCSCC2C)cc1Br. The zero-order chi connectivity index (χ0) is 13.8. The molecule has 0 bridgehead atoms. The van der Waals surface area contributed by atoms with Crippen molar-refractivity contribution in [2.24, 2.45) is 0 Å². The van der Waals surface area contributed by atoms with Crippen molar-refractivity contribution in [2.75, 3.05) is 29.5 Å². The van der Waals surface area contributed by atoms with Crippen LogP contribution in [0, 0.1) is 0 Å². The zero-order valence-corrected chi connectivity index (χ0v) is 14.4. The quantitative estimate of drug-likeness (QED) is 0.888. The molecule has 19 heavy (non-hydrogen) atoms. The molecule has 0 aromatic heterocycles. The molecule has 1 aromatic rings. The fourth-order valence-electron chi connectivity index (χ4n) is 2.57. The van der Waals surface area contributed by atoms with Crippen molar-refractivity contribution in [2.45, 2.75) is 32.9 Å². The van der Waals surface area contributed by atoms with E-state index >= 15 is 0 Å². The third kappa shape index (κ3) is 3.67. The van der Waals surface area contributed by atoms with Crippen molar-refractivity contribution >= 4 is 33.4 Å². The summed E-state index contributed by atoms with van der Waals surface area (Å²) < 4.78 is 1.21. The van der Waals surface area contributed by atoms with Crippen molar-refractivity contribution in [3.63, 3.8) is 0 Å². The van der Waals surface area contributed by atoms with Crippen molar-refractivity contribution in [1.29, 1.82) is 0 Å². The van der Waals surface area contributed by atoms with Gasteiger partial charge >= 0.3 is 0 Å². The van der Waals surface area contributed by atoms with E-state index in [9.17, 15) is 0 Å². The van der Waals surface area contributed by atoms with Gasteiger partial charge in [0.1, 0.15) is 0 Å². The van der Waals surface area contributed by atoms with Gasteiger partial charge in [0, 0.05) is 40.3 Å². The van der Waals surface area contributed by atoms with Crippen LogP contribution in [0.5, 0.6) is 0 Å². The fourth-order valence-corrected chi connectivity index (χ4v) is 4.30. The van der Waals surface area contributed by atoms with Gasteiger partial charge in [-0.1, -0.05) is 28.9 Å². The number of benzene rings is 1. The normalized spacial score (nSPS) is 21.5. The monoisotopic (exact) mass is 342 g/mol. The Balaban J connectivity index is 2.18. The minimum atomic E-state index is 0.391. The Kier molecular flexibility index (Phi) is 5.60. The van der Waals surface area contributed by atoms with Gasteiger partial charge in [-0.25, -0.2) is 0 Å². The second kappa shape index (κ2) is 7.00. The minimum Gasteiger partial charge on any atom is -0.367 e. The van der Waals surface area contributed by atoms with E-state index in [-0.39, 0.29) is 0 Å². The number of halogens is 1. The lowest BCUT2D eigenvalue weighted by molar-refractivity contribution is 0.596. The maximum absolute atomic E-state index is 3.73. The van der Waals surface area contributed by atoms with E-state index in [2.05, 4.69) is 76.9 Å². The van der Waals surface area contributed by atoms with Gasteiger partial charge in [-0.3, -0.25) is 0 Å². The Morgan fingerprint density at radius 1 is 1.53 bits per heavy atom. The van der Waals surface area contributed by atoms with E-state index in [1.165, 1.54) is 27.2 Å². The highest BCUT2D eigenvalue weighted by atomic mass is 79.9. The molecule has 2 atom stereocenters. The molecule has 1 saturated heterocycles. The summed E-state index contributed by atoms with van der Waals surface area (Å²) in [7, 11) is 0. The fraction of sp³-hybridized carbons (Fsp3) is 0.600. The van der Waals surface area contributed by atoms with Crippen LogP contribution in [0.3, 0.4) is 0 Å². The minimum absolute atomic E-state index is 0.391. The van der Waals surface area contributed by atoms with E-state index in [1.54, 1.807) is 0 Å². The molecule has 0 radical (unpaired) electrons. The van der Waals surface area contributed by atoms with Crippen LogP contribution in [-0.2, 0) is 0 Å². The Hall–Kier alpha value is -0.190. The van der Waals surface area contributed by atoms with E-state index in [0.29, 0.717) is 12.1 Å². The Labute approximate surface area is 129 Å². The predicted octanol–water partition coefficient (Wildman–Crippen LogP) is 4.06. The van der Waals surface area contributed by atoms with Crippen LogP contribution < -0.4 is 10.2 Å². The van der Waals surface area contributed by atoms with Crippen molar-refractivity contribution in [3.8, 4) is 0 Å². The maximum Gasteiger partial charge on any atom is 0.0380 e. The van der Waals surface area contributed by atoms with E-state index in [4.69, 9.17) is 0 Å². The molecular weight excluding hydrogens is 320 g/mol. The second-order valence-electron chi connectivity index (χ2n) is 5.10. The van der Waals surface area contributed by atoms with Gasteiger partial charge in [-0.05, 0) is 38.1 Å². The maximum atomic E-state index is 3.73. The Morgan fingerprint density at radius 3 is 2.95 bits per heavy atom. The molecule has 1 N–H and O–H groups in total. The second-order valence-corrected chi connectivity index (χ2v) is 7.11. The van der Waals surface area contributed by atoms with Gasteiger partial charge in [-0.15, -0.1) is 0 Å². The number of hydrogen-bond acceptors (Lipinski definition) is 3. The Bertz CT molecular complexity index is 425. The smallest absolute Gasteiger partial charge is 0.0380 e. The molecule has 1 aromatic carbocycles. The molecule has 2 rings (SSSR count). The molecule has 0 aliphatic carbocycles. The molecular formula is C15H23BrN2S. The molecule has 0 amide bonds. The van der Waals surface area contributed by atoms with Gasteiger partial charge in [-0.2, -0.15) is 11.8 Å². The number of anilines is 1. The lowest BCUT2D eigenvalue weighted by atomic mass is 10.1. The third-order valence-corrected chi connectivity index (χ3v) is 5.54. The van der Waals surface area contributed by atoms with Crippen LogP contribution in [0.25, 0.3) is 0 Å². The molecule has 0 spiro atoms. The lowest BCUT2D eigenvalue weighted by Crippen LogP contribution is -2.40. The summed E-state index contributed by atoms with van der Waals surface area (Å²) in [5.41, 5.74) is 2.68. The summed E-state index contributed by atoms with van der Waals surface area (Å²) in [6.07, 6.45) is 0. The molecule has 1 aliphatic rings. The molecule has 1 aliphatic heterocycles. The highest BCUT2D eigenvalue weighted by Gasteiger charge is 2.20. The first-order chi connectivity index (χ1) is 9.13. The summed E-state index contributed by atoms with van der Waals surface area (Å²) in [5, 5.41) is 3.46. The summed E-state index contributed by atoms with van der Waals surface area (Å²) in [6, 6.07) is 7.81. The van der Waals surface area contributed by atoms with Crippen molar-refractivity contribution < 1.29 is 0 Å². The number of nitrogens with zero attached hydrogens (tertiary/aromatic N) is 1. The average molecular weight is 343 g/mol. The molecule has 0 saturated carbocycles.